The van der Waals surface area contributed by atoms with E-state index < -0.39 is 18.9 Å². The predicted octanol–water partition coefficient (Wildman–Crippen LogP) is 1.74. The van der Waals surface area contributed by atoms with Crippen LogP contribution in [-0.2, 0) is 18.9 Å². The maximum absolute atomic E-state index is 11.2. The van der Waals surface area contributed by atoms with E-state index >= 15 is 0 Å². The third kappa shape index (κ3) is 5.80. The van der Waals surface area contributed by atoms with Gasteiger partial charge in [0.2, 0.25) is 0 Å². The lowest BCUT2D eigenvalue weighted by Crippen LogP contribution is -2.08. The molecule has 0 radical (unpaired) electrons. The Morgan fingerprint density at radius 1 is 1.21 bits per heavy atom. The van der Waals surface area contributed by atoms with Gasteiger partial charge in [0, 0.05) is 16.9 Å². The van der Waals surface area contributed by atoms with Crippen LogP contribution in [0.2, 0.25) is 0 Å². The van der Waals surface area contributed by atoms with E-state index in [9.17, 15) is 16.8 Å². The molecule has 0 saturated carbocycles. The molecule has 0 bridgehead atoms. The van der Waals surface area contributed by atoms with Crippen molar-refractivity contribution in [2.45, 2.75) is 18.2 Å². The lowest BCUT2D eigenvalue weighted by molar-refractivity contribution is 0.317. The molecule has 0 aromatic heterocycles. The van der Waals surface area contributed by atoms with Crippen molar-refractivity contribution in [3.63, 3.8) is 0 Å². The van der Waals surface area contributed by atoms with Crippen molar-refractivity contribution in [3.05, 3.63) is 23.8 Å². The van der Waals surface area contributed by atoms with Gasteiger partial charge in [0.15, 0.2) is 0 Å². The van der Waals surface area contributed by atoms with Crippen molar-refractivity contribution in [3.8, 4) is 5.75 Å². The van der Waals surface area contributed by atoms with Crippen molar-refractivity contribution in [1.29, 1.82) is 0 Å². The first-order valence-electron chi connectivity index (χ1n) is 5.45. The van der Waals surface area contributed by atoms with Gasteiger partial charge in [-0.2, -0.15) is 0 Å². The molecule has 5 nitrogen and oxygen atoms in total. The average molecular weight is 327 g/mol. The van der Waals surface area contributed by atoms with Gasteiger partial charge in [-0.15, -0.1) is 0 Å². The lowest BCUT2D eigenvalue weighted by Gasteiger charge is -2.08. The van der Waals surface area contributed by atoms with Crippen molar-refractivity contribution < 1.29 is 21.6 Å². The number of ether oxygens (including phenoxy) is 1. The first-order valence-corrected chi connectivity index (χ1v) is 9.82. The van der Waals surface area contributed by atoms with Crippen LogP contribution in [0, 0.1) is 6.92 Å². The first-order chi connectivity index (χ1) is 8.59. The summed E-state index contributed by atoms with van der Waals surface area (Å²) in [5.74, 6) is 0.537. The monoisotopic (exact) mass is 326 g/mol. The van der Waals surface area contributed by atoms with Crippen LogP contribution < -0.4 is 4.74 Å². The Morgan fingerprint density at radius 3 is 2.32 bits per heavy atom. The first kappa shape index (κ1) is 16.3. The van der Waals surface area contributed by atoms with Gasteiger partial charge >= 0.3 is 0 Å². The van der Waals surface area contributed by atoms with E-state index in [1.807, 2.05) is 0 Å². The quantitative estimate of drug-likeness (QED) is 0.587. The molecule has 0 atom stereocenters. The molecule has 8 heteroatoms. The van der Waals surface area contributed by atoms with Crippen LogP contribution in [-0.4, -0.2) is 35.5 Å². The molecule has 0 unspecified atom stereocenters. The molecule has 1 rings (SSSR count). The van der Waals surface area contributed by atoms with Gasteiger partial charge in [-0.1, -0.05) is 0 Å². The number of hydrogen-bond acceptors (Lipinski definition) is 5. The Bertz CT molecular complexity index is 650. The number of halogens is 1. The van der Waals surface area contributed by atoms with E-state index in [1.54, 1.807) is 13.0 Å². The van der Waals surface area contributed by atoms with E-state index in [-0.39, 0.29) is 17.3 Å². The minimum atomic E-state index is -3.76. The average Bonchev–Trinajstić information content (AvgIpc) is 2.21. The third-order valence-electron chi connectivity index (χ3n) is 2.34. The van der Waals surface area contributed by atoms with Crippen LogP contribution in [0.1, 0.15) is 12.0 Å². The molecule has 1 aromatic carbocycles. The molecule has 108 valence electrons. The topological polar surface area (TPSA) is 77.5 Å². The minimum absolute atomic E-state index is 0.0395. The summed E-state index contributed by atoms with van der Waals surface area (Å²) in [6.07, 6.45) is 1.55. The number of benzene rings is 1. The molecule has 0 fully saturated rings. The molecule has 0 aliphatic heterocycles. The fraction of sp³-hybridized carbons (Fsp3) is 0.455. The van der Waals surface area contributed by atoms with Crippen LogP contribution in [0.15, 0.2) is 23.1 Å². The molecular weight excluding hydrogens is 312 g/mol. The lowest BCUT2D eigenvalue weighted by atomic mass is 10.2. The zero-order chi connectivity index (χ0) is 14.7. The summed E-state index contributed by atoms with van der Waals surface area (Å²) >= 11 is 0. The molecule has 0 saturated heterocycles. The zero-order valence-electron chi connectivity index (χ0n) is 10.6. The highest BCUT2D eigenvalue weighted by atomic mass is 35.7. The van der Waals surface area contributed by atoms with Gasteiger partial charge in [-0.25, -0.2) is 16.8 Å². The van der Waals surface area contributed by atoms with Gasteiger partial charge in [-0.3, -0.25) is 0 Å². The molecule has 0 aliphatic rings. The summed E-state index contributed by atoms with van der Waals surface area (Å²) < 4.78 is 49.6. The summed E-state index contributed by atoms with van der Waals surface area (Å²) in [6, 6.07) is 4.40. The summed E-state index contributed by atoms with van der Waals surface area (Å²) in [5, 5.41) is 0. The van der Waals surface area contributed by atoms with Crippen molar-refractivity contribution in [2.75, 3.05) is 18.6 Å². The Hall–Kier alpha value is -0.790. The highest BCUT2D eigenvalue weighted by Crippen LogP contribution is 2.23. The summed E-state index contributed by atoms with van der Waals surface area (Å²) in [7, 11) is -1.49. The van der Waals surface area contributed by atoms with Gasteiger partial charge in [-0.05, 0) is 37.1 Å². The van der Waals surface area contributed by atoms with Gasteiger partial charge < -0.3 is 4.74 Å². The van der Waals surface area contributed by atoms with Crippen LogP contribution >= 0.6 is 10.7 Å². The molecule has 0 aliphatic carbocycles. The van der Waals surface area contributed by atoms with Crippen LogP contribution in [0.3, 0.4) is 0 Å². The summed E-state index contributed by atoms with van der Waals surface area (Å²) in [4.78, 5) is 0.0395. The predicted molar refractivity (Wildman–Crippen MR) is 74.0 cm³/mol. The molecule has 0 amide bonds. The Balaban J connectivity index is 2.65. The fourth-order valence-electron chi connectivity index (χ4n) is 1.50. The standard InChI is InChI=1S/C11H15ClO5S2/c1-9-8-10(4-5-11(9)19(12,15)16)17-6-3-7-18(2,13)14/h4-5,8H,3,6-7H2,1-2H3. The molecular formula is C11H15ClO5S2. The van der Waals surface area contributed by atoms with E-state index in [0.29, 0.717) is 17.7 Å². The van der Waals surface area contributed by atoms with Crippen molar-refractivity contribution in [1.82, 2.24) is 0 Å². The zero-order valence-corrected chi connectivity index (χ0v) is 13.0. The van der Waals surface area contributed by atoms with E-state index in [1.165, 1.54) is 12.1 Å². The van der Waals surface area contributed by atoms with Gasteiger partial charge in [0.05, 0.1) is 17.3 Å². The highest BCUT2D eigenvalue weighted by Gasteiger charge is 2.13. The molecule has 0 N–H and O–H groups in total. The van der Waals surface area contributed by atoms with E-state index in [0.717, 1.165) is 6.26 Å². The Labute approximate surface area is 117 Å². The fourth-order valence-corrected chi connectivity index (χ4v) is 3.33. The molecule has 19 heavy (non-hydrogen) atoms. The third-order valence-corrected chi connectivity index (χ3v) is 4.85. The molecule has 0 heterocycles. The van der Waals surface area contributed by atoms with Crippen molar-refractivity contribution >= 4 is 29.6 Å². The number of sulfone groups is 1. The van der Waals surface area contributed by atoms with Crippen LogP contribution in [0.25, 0.3) is 0 Å². The summed E-state index contributed by atoms with van der Waals surface area (Å²) in [6.45, 7) is 1.86. The number of rotatable bonds is 6. The van der Waals surface area contributed by atoms with E-state index in [4.69, 9.17) is 15.4 Å². The number of aryl methyl sites for hydroxylation is 1. The van der Waals surface area contributed by atoms with Crippen LogP contribution in [0.4, 0.5) is 0 Å². The van der Waals surface area contributed by atoms with E-state index in [2.05, 4.69) is 0 Å². The maximum Gasteiger partial charge on any atom is 0.261 e. The van der Waals surface area contributed by atoms with Gasteiger partial charge in [0.25, 0.3) is 9.05 Å². The second-order valence-corrected chi connectivity index (χ2v) is 8.99. The smallest absolute Gasteiger partial charge is 0.261 e. The van der Waals surface area contributed by atoms with Crippen molar-refractivity contribution in [2.24, 2.45) is 0 Å². The normalized spacial score (nSPS) is 12.4. The maximum atomic E-state index is 11.2. The summed E-state index contributed by atoms with van der Waals surface area (Å²) in [5.41, 5.74) is 0.482. The van der Waals surface area contributed by atoms with Gasteiger partial charge in [0.1, 0.15) is 15.6 Å². The SMILES string of the molecule is Cc1cc(OCCCS(C)(=O)=O)ccc1S(=O)(=O)Cl. The molecule has 1 aromatic rings. The van der Waals surface area contributed by atoms with Crippen LogP contribution in [0.5, 0.6) is 5.75 Å². The minimum Gasteiger partial charge on any atom is -0.494 e. The Kier molecular flexibility index (Phi) is 5.23. The second kappa shape index (κ2) is 6.11. The second-order valence-electron chi connectivity index (χ2n) is 4.20. The number of hydrogen-bond donors (Lipinski definition) is 0. The largest absolute Gasteiger partial charge is 0.494 e. The highest BCUT2D eigenvalue weighted by molar-refractivity contribution is 8.13. The Morgan fingerprint density at radius 2 is 1.84 bits per heavy atom. The molecule has 0 spiro atoms.